The third-order valence-corrected chi connectivity index (χ3v) is 5.60. The predicted molar refractivity (Wildman–Crippen MR) is 109 cm³/mol. The molecule has 5 aromatic rings. The van der Waals surface area contributed by atoms with Gasteiger partial charge in [-0.2, -0.15) is 0 Å². The van der Waals surface area contributed by atoms with Gasteiger partial charge in [-0.15, -0.1) is 0 Å². The van der Waals surface area contributed by atoms with Crippen LogP contribution in [0, 0.1) is 6.92 Å². The number of aryl methyl sites for hydroxylation is 3. The summed E-state index contributed by atoms with van der Waals surface area (Å²) in [6, 6.07) is 26.2. The van der Waals surface area contributed by atoms with E-state index in [0.29, 0.717) is 0 Å². The lowest BCUT2D eigenvalue weighted by atomic mass is 10.0. The van der Waals surface area contributed by atoms with Gasteiger partial charge in [0, 0.05) is 10.9 Å². The molecule has 0 aliphatic carbocycles. The molecule has 0 atom stereocenters. The molecular formula is C24H21N2+. The second-order valence-corrected chi connectivity index (χ2v) is 7.07. The van der Waals surface area contributed by atoms with Crippen LogP contribution < -0.4 is 4.57 Å². The second kappa shape index (κ2) is 5.43. The van der Waals surface area contributed by atoms with Crippen LogP contribution in [0.3, 0.4) is 0 Å². The van der Waals surface area contributed by atoms with Gasteiger partial charge in [-0.3, -0.25) is 0 Å². The lowest BCUT2D eigenvalue weighted by Crippen LogP contribution is -2.33. The molecule has 0 saturated heterocycles. The molecule has 0 unspecified atom stereocenters. The van der Waals surface area contributed by atoms with Gasteiger partial charge in [0.25, 0.3) is 5.65 Å². The minimum absolute atomic E-state index is 1.24. The lowest BCUT2D eigenvalue weighted by Gasteiger charge is -2.08. The Kier molecular flexibility index (Phi) is 3.17. The second-order valence-electron chi connectivity index (χ2n) is 7.07. The van der Waals surface area contributed by atoms with Crippen molar-refractivity contribution in [3.05, 3.63) is 78.4 Å². The van der Waals surface area contributed by atoms with Crippen molar-refractivity contribution in [3.63, 3.8) is 0 Å². The topological polar surface area (TPSA) is 8.81 Å². The van der Waals surface area contributed by atoms with E-state index < -0.39 is 0 Å². The van der Waals surface area contributed by atoms with E-state index in [1.807, 2.05) is 0 Å². The average molecular weight is 337 g/mol. The van der Waals surface area contributed by atoms with Gasteiger partial charge >= 0.3 is 0 Å². The molecule has 0 amide bonds. The van der Waals surface area contributed by atoms with Crippen LogP contribution in [0.25, 0.3) is 44.0 Å². The van der Waals surface area contributed by atoms with Crippen LogP contribution in [0.4, 0.5) is 0 Å². The molecule has 0 saturated carbocycles. The van der Waals surface area contributed by atoms with Gasteiger partial charge in [0.05, 0.1) is 19.5 Å². The number of hydrogen-bond acceptors (Lipinski definition) is 0. The summed E-state index contributed by atoms with van der Waals surface area (Å²) in [7, 11) is 4.34. The Morgan fingerprint density at radius 3 is 2.38 bits per heavy atom. The van der Waals surface area contributed by atoms with E-state index in [1.165, 1.54) is 49.5 Å². The Labute approximate surface area is 152 Å². The molecule has 0 radical (unpaired) electrons. The highest BCUT2D eigenvalue weighted by Crippen LogP contribution is 2.34. The Morgan fingerprint density at radius 1 is 0.769 bits per heavy atom. The molecule has 2 aromatic heterocycles. The summed E-state index contributed by atoms with van der Waals surface area (Å²) in [6.45, 7) is 2.18. The zero-order valence-corrected chi connectivity index (χ0v) is 15.3. The first-order valence-electron chi connectivity index (χ1n) is 9.01. The number of nitrogens with zero attached hydrogens (tertiary/aromatic N) is 2. The van der Waals surface area contributed by atoms with E-state index in [4.69, 9.17) is 0 Å². The minimum Gasteiger partial charge on any atom is -0.229 e. The van der Waals surface area contributed by atoms with Gasteiger partial charge in [-0.1, -0.05) is 54.6 Å². The van der Waals surface area contributed by atoms with Gasteiger partial charge in [0.15, 0.2) is 0 Å². The van der Waals surface area contributed by atoms with Gasteiger partial charge in [-0.25, -0.2) is 9.13 Å². The van der Waals surface area contributed by atoms with Crippen LogP contribution in [0.2, 0.25) is 0 Å². The van der Waals surface area contributed by atoms with Crippen molar-refractivity contribution >= 4 is 32.7 Å². The van der Waals surface area contributed by atoms with Crippen LogP contribution in [0.1, 0.15) is 5.56 Å². The van der Waals surface area contributed by atoms with Gasteiger partial charge in [0.2, 0.25) is 0 Å². The van der Waals surface area contributed by atoms with Crippen molar-refractivity contribution in [3.8, 4) is 11.3 Å². The third kappa shape index (κ3) is 1.96. The minimum atomic E-state index is 1.24. The average Bonchev–Trinajstić information content (AvgIpc) is 2.96. The molecule has 0 spiro atoms. The Hall–Kier alpha value is -3.13. The molecule has 0 fully saturated rings. The fraction of sp³-hybridized carbons (Fsp3) is 0.125. The fourth-order valence-corrected chi connectivity index (χ4v) is 4.31. The zero-order valence-electron chi connectivity index (χ0n) is 15.3. The fourth-order valence-electron chi connectivity index (χ4n) is 4.31. The number of fused-ring (bicyclic) bond motifs is 5. The maximum atomic E-state index is 2.33. The molecule has 0 N–H and O–H groups in total. The van der Waals surface area contributed by atoms with Crippen LogP contribution in [0.15, 0.2) is 72.8 Å². The monoisotopic (exact) mass is 337 g/mol. The summed E-state index contributed by atoms with van der Waals surface area (Å²) in [4.78, 5) is 0. The van der Waals surface area contributed by atoms with E-state index in [0.717, 1.165) is 0 Å². The summed E-state index contributed by atoms with van der Waals surface area (Å²) >= 11 is 0. The SMILES string of the molecule is Cc1ccccc1-c1ccc2c3c4ccccc4ccc3n(C)c2[n+]1C. The molecule has 0 aliphatic heterocycles. The summed E-state index contributed by atoms with van der Waals surface area (Å²) in [5, 5.41) is 5.25. The van der Waals surface area contributed by atoms with Gasteiger partial charge in [0.1, 0.15) is 11.2 Å². The molecule has 26 heavy (non-hydrogen) atoms. The highest BCUT2D eigenvalue weighted by atomic mass is 15.1. The molecule has 2 heterocycles. The number of pyridine rings is 1. The van der Waals surface area contributed by atoms with Crippen LogP contribution in [-0.4, -0.2) is 4.57 Å². The van der Waals surface area contributed by atoms with Crippen molar-refractivity contribution in [1.29, 1.82) is 0 Å². The largest absolute Gasteiger partial charge is 0.289 e. The van der Waals surface area contributed by atoms with E-state index >= 15 is 0 Å². The first kappa shape index (κ1) is 15.2. The summed E-state index contributed by atoms with van der Waals surface area (Å²) in [5.74, 6) is 0. The quantitative estimate of drug-likeness (QED) is 0.368. The lowest BCUT2D eigenvalue weighted by molar-refractivity contribution is -0.636. The van der Waals surface area contributed by atoms with Crippen LogP contribution in [0.5, 0.6) is 0 Å². The predicted octanol–water partition coefficient (Wildman–Crippen LogP) is 5.28. The molecule has 0 bridgehead atoms. The van der Waals surface area contributed by atoms with Gasteiger partial charge < -0.3 is 0 Å². The zero-order chi connectivity index (χ0) is 17.8. The summed E-state index contributed by atoms with van der Waals surface area (Å²) in [5.41, 5.74) is 6.35. The third-order valence-electron chi connectivity index (χ3n) is 5.60. The maximum absolute atomic E-state index is 2.33. The number of rotatable bonds is 1. The Bertz CT molecular complexity index is 1310. The maximum Gasteiger partial charge on any atom is 0.289 e. The van der Waals surface area contributed by atoms with Gasteiger partial charge in [-0.05, 0) is 41.5 Å². The van der Waals surface area contributed by atoms with Crippen molar-refractivity contribution in [1.82, 2.24) is 4.57 Å². The van der Waals surface area contributed by atoms with E-state index in [-0.39, 0.29) is 0 Å². The first-order chi connectivity index (χ1) is 12.7. The molecule has 126 valence electrons. The van der Waals surface area contributed by atoms with E-state index in [9.17, 15) is 0 Å². The van der Waals surface area contributed by atoms with Crippen molar-refractivity contribution in [2.45, 2.75) is 6.92 Å². The highest BCUT2D eigenvalue weighted by Gasteiger charge is 2.22. The van der Waals surface area contributed by atoms with Crippen LogP contribution >= 0.6 is 0 Å². The first-order valence-corrected chi connectivity index (χ1v) is 9.01. The summed E-state index contributed by atoms with van der Waals surface area (Å²) in [6.07, 6.45) is 0. The Morgan fingerprint density at radius 2 is 1.54 bits per heavy atom. The number of aromatic nitrogens is 2. The van der Waals surface area contributed by atoms with Crippen LogP contribution in [-0.2, 0) is 14.1 Å². The molecule has 2 heteroatoms. The van der Waals surface area contributed by atoms with E-state index in [1.54, 1.807) is 0 Å². The van der Waals surface area contributed by atoms with Crippen molar-refractivity contribution < 1.29 is 4.57 Å². The molecule has 0 aliphatic rings. The molecule has 5 rings (SSSR count). The van der Waals surface area contributed by atoms with E-state index in [2.05, 4.69) is 103 Å². The Balaban J connectivity index is 1.95. The molecular weight excluding hydrogens is 316 g/mol. The molecule has 2 nitrogen and oxygen atoms in total. The molecule has 3 aromatic carbocycles. The highest BCUT2D eigenvalue weighted by molar-refractivity contribution is 6.19. The van der Waals surface area contributed by atoms with Crippen molar-refractivity contribution in [2.24, 2.45) is 14.1 Å². The number of benzene rings is 3. The standard InChI is InChI=1S/C24H21N2/c1-16-8-4-6-10-18(16)21-15-13-20-23-19-11-7-5-9-17(19)12-14-22(23)26(3)24(20)25(21)2/h4-15H,1-3H3/q+1. The smallest absolute Gasteiger partial charge is 0.229 e. The normalized spacial score (nSPS) is 11.7. The summed E-state index contributed by atoms with van der Waals surface area (Å²) < 4.78 is 4.64. The van der Waals surface area contributed by atoms with Crippen molar-refractivity contribution in [2.75, 3.05) is 0 Å². The number of hydrogen-bond donors (Lipinski definition) is 0.